The van der Waals surface area contributed by atoms with Crippen molar-refractivity contribution in [2.24, 2.45) is 0 Å². The highest BCUT2D eigenvalue weighted by Crippen LogP contribution is 2.27. The van der Waals surface area contributed by atoms with Gasteiger partial charge < -0.3 is 5.32 Å². The van der Waals surface area contributed by atoms with Gasteiger partial charge in [-0.3, -0.25) is 0 Å². The lowest BCUT2D eigenvalue weighted by Gasteiger charge is -2.15. The molecule has 0 saturated carbocycles. The molecule has 19 heavy (non-hydrogen) atoms. The number of hydrogen-bond donors (Lipinski definition) is 1. The van der Waals surface area contributed by atoms with E-state index in [4.69, 9.17) is 0 Å². The molecule has 0 aliphatic rings. The third-order valence-electron chi connectivity index (χ3n) is 2.75. The molecule has 0 radical (unpaired) electrons. The number of halogens is 2. The van der Waals surface area contributed by atoms with Gasteiger partial charge in [0.2, 0.25) is 0 Å². The molecule has 0 saturated heterocycles. The largest absolute Gasteiger partial charge is 0.366 e. The van der Waals surface area contributed by atoms with E-state index in [2.05, 4.69) is 43.2 Å². The van der Waals surface area contributed by atoms with Crippen molar-refractivity contribution < 1.29 is 0 Å². The Bertz CT molecular complexity index is 615. The Morgan fingerprint density at radius 1 is 1.11 bits per heavy atom. The second kappa shape index (κ2) is 6.23. The summed E-state index contributed by atoms with van der Waals surface area (Å²) >= 11 is 6.91. The number of aryl methyl sites for hydroxylation is 1. The minimum absolute atomic E-state index is 0.379. The Morgan fingerprint density at radius 3 is 2.37 bits per heavy atom. The van der Waals surface area contributed by atoms with Crippen LogP contribution in [-0.4, -0.2) is 0 Å². The summed E-state index contributed by atoms with van der Waals surface area (Å²) in [6.45, 7) is 2.03. The summed E-state index contributed by atoms with van der Waals surface area (Å²) in [5.41, 5.74) is 3.02. The molecule has 1 N–H and O–H groups in total. The molecule has 0 spiro atoms. The van der Waals surface area contributed by atoms with Gasteiger partial charge in [0, 0.05) is 20.2 Å². The first-order valence-electron chi connectivity index (χ1n) is 5.78. The number of hydrogen-bond acceptors (Lipinski definition) is 2. The summed E-state index contributed by atoms with van der Waals surface area (Å²) in [7, 11) is 0. The van der Waals surface area contributed by atoms with Gasteiger partial charge in [0.25, 0.3) is 0 Å². The van der Waals surface area contributed by atoms with Crippen molar-refractivity contribution in [3.05, 3.63) is 62.5 Å². The second-order valence-electron chi connectivity index (χ2n) is 4.24. The van der Waals surface area contributed by atoms with Crippen LogP contribution in [0.3, 0.4) is 0 Å². The van der Waals surface area contributed by atoms with Crippen LogP contribution in [-0.2, 0) is 0 Å². The van der Waals surface area contributed by atoms with Crippen LogP contribution in [0.2, 0.25) is 0 Å². The third-order valence-corrected chi connectivity index (χ3v) is 3.97. The Labute approximate surface area is 129 Å². The maximum absolute atomic E-state index is 9.35. The van der Waals surface area contributed by atoms with Crippen molar-refractivity contribution in [1.29, 1.82) is 5.26 Å². The van der Waals surface area contributed by atoms with Gasteiger partial charge in [0.15, 0.2) is 0 Å². The molecule has 4 heteroatoms. The molecule has 0 aromatic heterocycles. The van der Waals surface area contributed by atoms with Crippen LogP contribution in [0.1, 0.15) is 17.2 Å². The smallest absolute Gasteiger partial charge is 0.141 e. The van der Waals surface area contributed by atoms with E-state index < -0.39 is 0 Å². The molecule has 96 valence electrons. The first-order chi connectivity index (χ1) is 9.10. The molecule has 2 nitrogen and oxygen atoms in total. The molecule has 1 unspecified atom stereocenters. The number of benzene rings is 2. The highest BCUT2D eigenvalue weighted by atomic mass is 79.9. The van der Waals surface area contributed by atoms with E-state index in [1.807, 2.05) is 49.4 Å². The monoisotopic (exact) mass is 378 g/mol. The number of nitrogens with one attached hydrogen (secondary N) is 1. The van der Waals surface area contributed by atoms with Crippen LogP contribution in [0, 0.1) is 18.3 Å². The molecule has 2 aromatic rings. The van der Waals surface area contributed by atoms with E-state index in [-0.39, 0.29) is 6.04 Å². The Kier molecular flexibility index (Phi) is 4.62. The van der Waals surface area contributed by atoms with Gasteiger partial charge in [-0.2, -0.15) is 5.26 Å². The summed E-state index contributed by atoms with van der Waals surface area (Å²) in [6.07, 6.45) is 0. The molecule has 0 fully saturated rings. The molecule has 1 atom stereocenters. The molecule has 2 aromatic carbocycles. The Morgan fingerprint density at radius 2 is 1.79 bits per heavy atom. The standard InChI is InChI=1S/C15H12Br2N2/c1-10-2-7-13(14(17)8-10)15(9-18)19-12-5-3-11(16)4-6-12/h2-8,15,19H,1H3. The second-order valence-corrected chi connectivity index (χ2v) is 6.01. The number of rotatable bonds is 3. The lowest BCUT2D eigenvalue weighted by molar-refractivity contribution is 0.988. The lowest BCUT2D eigenvalue weighted by Crippen LogP contribution is -2.09. The zero-order valence-electron chi connectivity index (χ0n) is 10.3. The van der Waals surface area contributed by atoms with Crippen LogP contribution < -0.4 is 5.32 Å². The zero-order chi connectivity index (χ0) is 13.8. The van der Waals surface area contributed by atoms with Crippen LogP contribution in [0.5, 0.6) is 0 Å². The molecule has 0 amide bonds. The fraction of sp³-hybridized carbons (Fsp3) is 0.133. The summed E-state index contributed by atoms with van der Waals surface area (Å²) in [4.78, 5) is 0. The maximum Gasteiger partial charge on any atom is 0.141 e. The maximum atomic E-state index is 9.35. The van der Waals surface area contributed by atoms with Crippen molar-refractivity contribution in [1.82, 2.24) is 0 Å². The minimum Gasteiger partial charge on any atom is -0.366 e. The normalized spacial score (nSPS) is 11.7. The van der Waals surface area contributed by atoms with E-state index >= 15 is 0 Å². The number of anilines is 1. The highest BCUT2D eigenvalue weighted by molar-refractivity contribution is 9.10. The van der Waals surface area contributed by atoms with Crippen molar-refractivity contribution in [2.75, 3.05) is 5.32 Å². The van der Waals surface area contributed by atoms with Crippen LogP contribution in [0.25, 0.3) is 0 Å². The van der Waals surface area contributed by atoms with E-state index in [1.165, 1.54) is 0 Å². The molecule has 0 aliphatic carbocycles. The summed E-state index contributed by atoms with van der Waals surface area (Å²) in [5.74, 6) is 0. The summed E-state index contributed by atoms with van der Waals surface area (Å²) in [5, 5.41) is 12.6. The summed E-state index contributed by atoms with van der Waals surface area (Å²) in [6, 6.07) is 15.7. The molecule has 2 rings (SSSR count). The van der Waals surface area contributed by atoms with Crippen LogP contribution >= 0.6 is 31.9 Å². The first kappa shape index (κ1) is 14.1. The zero-order valence-corrected chi connectivity index (χ0v) is 13.5. The van der Waals surface area contributed by atoms with Gasteiger partial charge in [-0.15, -0.1) is 0 Å². The van der Waals surface area contributed by atoms with Gasteiger partial charge >= 0.3 is 0 Å². The molecular formula is C15H12Br2N2. The van der Waals surface area contributed by atoms with Gasteiger partial charge in [0.1, 0.15) is 6.04 Å². The van der Waals surface area contributed by atoms with Gasteiger partial charge in [0.05, 0.1) is 6.07 Å². The molecule has 0 heterocycles. The Balaban J connectivity index is 2.25. The summed E-state index contributed by atoms with van der Waals surface area (Å²) < 4.78 is 1.96. The fourth-order valence-corrected chi connectivity index (χ4v) is 2.75. The molecular weight excluding hydrogens is 368 g/mol. The van der Waals surface area contributed by atoms with Crippen molar-refractivity contribution in [3.63, 3.8) is 0 Å². The van der Waals surface area contributed by atoms with Gasteiger partial charge in [-0.1, -0.05) is 44.0 Å². The van der Waals surface area contributed by atoms with E-state index in [0.29, 0.717) is 0 Å². The fourth-order valence-electron chi connectivity index (χ4n) is 1.76. The van der Waals surface area contributed by atoms with E-state index in [0.717, 1.165) is 25.8 Å². The predicted molar refractivity (Wildman–Crippen MR) is 85.0 cm³/mol. The van der Waals surface area contributed by atoms with Crippen molar-refractivity contribution >= 4 is 37.5 Å². The van der Waals surface area contributed by atoms with Crippen LogP contribution in [0.15, 0.2) is 51.4 Å². The average Bonchev–Trinajstić information content (AvgIpc) is 2.39. The highest BCUT2D eigenvalue weighted by Gasteiger charge is 2.13. The van der Waals surface area contributed by atoms with Crippen molar-refractivity contribution in [3.8, 4) is 6.07 Å². The van der Waals surface area contributed by atoms with E-state index in [1.54, 1.807) is 0 Å². The molecule has 0 bridgehead atoms. The van der Waals surface area contributed by atoms with Crippen molar-refractivity contribution in [2.45, 2.75) is 13.0 Å². The van der Waals surface area contributed by atoms with Crippen LogP contribution in [0.4, 0.5) is 5.69 Å². The number of nitrogens with zero attached hydrogens (tertiary/aromatic N) is 1. The van der Waals surface area contributed by atoms with Gasteiger partial charge in [-0.05, 0) is 42.8 Å². The van der Waals surface area contributed by atoms with Gasteiger partial charge in [-0.25, -0.2) is 0 Å². The topological polar surface area (TPSA) is 35.8 Å². The minimum atomic E-state index is -0.379. The lowest BCUT2D eigenvalue weighted by atomic mass is 10.1. The molecule has 0 aliphatic heterocycles. The first-order valence-corrected chi connectivity index (χ1v) is 7.36. The third kappa shape index (κ3) is 3.59. The SMILES string of the molecule is Cc1ccc(C(C#N)Nc2ccc(Br)cc2)c(Br)c1. The number of nitriles is 1. The Hall–Kier alpha value is -1.31. The quantitative estimate of drug-likeness (QED) is 0.795. The predicted octanol–water partition coefficient (Wildman–Crippen LogP) is 5.20. The average molecular weight is 380 g/mol. The van der Waals surface area contributed by atoms with E-state index in [9.17, 15) is 5.26 Å².